The van der Waals surface area contributed by atoms with Gasteiger partial charge in [0.05, 0.1) is 30.9 Å². The normalized spacial score (nSPS) is 15.0. The zero-order valence-electron chi connectivity index (χ0n) is 19.7. The van der Waals surface area contributed by atoms with E-state index in [0.29, 0.717) is 23.5 Å². The lowest BCUT2D eigenvalue weighted by molar-refractivity contribution is -0.136. The van der Waals surface area contributed by atoms with E-state index < -0.39 is 30.2 Å². The highest BCUT2D eigenvalue weighted by atomic mass is 32.1. The molecule has 0 fully saturated rings. The number of aryl methyl sites for hydroxylation is 2. The number of methoxy groups -OCH3 is 2. The number of hydrogen-bond acceptors (Lipinski definition) is 9. The first-order valence-corrected chi connectivity index (χ1v) is 11.6. The van der Waals surface area contributed by atoms with Crippen LogP contribution in [0.4, 0.5) is 0 Å². The Morgan fingerprint density at radius 2 is 1.91 bits per heavy atom. The molecule has 0 saturated carbocycles. The molecule has 182 valence electrons. The smallest absolute Gasteiger partial charge is 0.342 e. The van der Waals surface area contributed by atoms with E-state index in [-0.39, 0.29) is 11.3 Å². The molecule has 0 spiro atoms. The molecular weight excluding hydrogens is 472 g/mol. The molecule has 0 N–H and O–H groups in total. The summed E-state index contributed by atoms with van der Waals surface area (Å²) in [4.78, 5) is 38.3. The standard InChI is InChI=1S/C25H24N2O7S/c1-14-10-23(29)34-15(2)24(14)25(30)33-13-22(28)27-18(12-17(26-27)21-6-5-9-35-21)16-7-8-19(31-3)20(11-16)32-4/h5-11,18H,12-13H2,1-4H3. The zero-order valence-corrected chi connectivity index (χ0v) is 20.5. The maximum absolute atomic E-state index is 13.2. The van der Waals surface area contributed by atoms with E-state index in [4.69, 9.17) is 18.6 Å². The quantitative estimate of drug-likeness (QED) is 0.457. The van der Waals surface area contributed by atoms with Crippen molar-refractivity contribution < 1.29 is 28.2 Å². The molecule has 0 saturated heterocycles. The third kappa shape index (κ3) is 4.97. The summed E-state index contributed by atoms with van der Waals surface area (Å²) in [7, 11) is 3.10. The Morgan fingerprint density at radius 1 is 1.14 bits per heavy atom. The largest absolute Gasteiger partial charge is 0.493 e. The fourth-order valence-electron chi connectivity index (χ4n) is 3.98. The number of esters is 1. The van der Waals surface area contributed by atoms with Gasteiger partial charge in [-0.25, -0.2) is 14.6 Å². The van der Waals surface area contributed by atoms with Crippen molar-refractivity contribution in [3.05, 3.63) is 79.5 Å². The first-order chi connectivity index (χ1) is 16.8. The molecule has 3 heterocycles. The number of amides is 1. The Morgan fingerprint density at radius 3 is 2.57 bits per heavy atom. The average molecular weight is 497 g/mol. The van der Waals surface area contributed by atoms with Crippen LogP contribution in [0.5, 0.6) is 11.5 Å². The van der Waals surface area contributed by atoms with Crippen molar-refractivity contribution in [2.45, 2.75) is 26.3 Å². The fourth-order valence-corrected chi connectivity index (χ4v) is 4.70. The van der Waals surface area contributed by atoms with E-state index in [0.717, 1.165) is 16.2 Å². The van der Waals surface area contributed by atoms with Crippen LogP contribution >= 0.6 is 11.3 Å². The molecule has 1 aliphatic rings. The summed E-state index contributed by atoms with van der Waals surface area (Å²) in [5, 5.41) is 7.86. The van der Waals surface area contributed by atoms with Crippen molar-refractivity contribution in [3.8, 4) is 11.5 Å². The van der Waals surface area contributed by atoms with Crippen LogP contribution in [0.2, 0.25) is 0 Å². The monoisotopic (exact) mass is 496 g/mol. The van der Waals surface area contributed by atoms with Crippen molar-refractivity contribution in [1.29, 1.82) is 0 Å². The van der Waals surface area contributed by atoms with Crippen LogP contribution in [0.1, 0.15) is 44.6 Å². The van der Waals surface area contributed by atoms with Crippen LogP contribution in [-0.4, -0.2) is 43.4 Å². The predicted octanol–water partition coefficient (Wildman–Crippen LogP) is 3.87. The van der Waals surface area contributed by atoms with Crippen molar-refractivity contribution in [2.75, 3.05) is 20.8 Å². The van der Waals surface area contributed by atoms with Crippen LogP contribution in [0.25, 0.3) is 0 Å². The summed E-state index contributed by atoms with van der Waals surface area (Å²) in [6.07, 6.45) is 0.484. The molecule has 1 aliphatic heterocycles. The highest BCUT2D eigenvalue weighted by Crippen LogP contribution is 2.37. The van der Waals surface area contributed by atoms with Crippen LogP contribution in [0, 0.1) is 13.8 Å². The number of hydrogen-bond donors (Lipinski definition) is 0. The highest BCUT2D eigenvalue weighted by Gasteiger charge is 2.34. The van der Waals surface area contributed by atoms with Gasteiger partial charge in [-0.05, 0) is 48.6 Å². The number of thiophene rings is 1. The molecule has 9 nitrogen and oxygen atoms in total. The number of rotatable bonds is 7. The number of nitrogens with zero attached hydrogens (tertiary/aromatic N) is 2. The maximum Gasteiger partial charge on any atom is 0.342 e. The van der Waals surface area contributed by atoms with Gasteiger partial charge in [-0.1, -0.05) is 12.1 Å². The lowest BCUT2D eigenvalue weighted by Gasteiger charge is -2.23. The summed E-state index contributed by atoms with van der Waals surface area (Å²) >= 11 is 1.53. The Hall–Kier alpha value is -3.92. The second kappa shape index (κ2) is 10.1. The van der Waals surface area contributed by atoms with Crippen LogP contribution < -0.4 is 15.1 Å². The molecule has 1 unspecified atom stereocenters. The number of ether oxygens (including phenoxy) is 3. The van der Waals surface area contributed by atoms with Crippen LogP contribution in [-0.2, 0) is 9.53 Å². The molecule has 0 bridgehead atoms. The fraction of sp³-hybridized carbons (Fsp3) is 0.280. The second-order valence-electron chi connectivity index (χ2n) is 7.85. The Kier molecular flexibility index (Phi) is 7.02. The van der Waals surface area contributed by atoms with Crippen LogP contribution in [0.15, 0.2) is 56.1 Å². The molecule has 0 radical (unpaired) electrons. The molecule has 10 heteroatoms. The minimum absolute atomic E-state index is 0.123. The van der Waals surface area contributed by atoms with Crippen LogP contribution in [0.3, 0.4) is 0 Å². The van der Waals surface area contributed by atoms with E-state index in [1.54, 1.807) is 33.3 Å². The maximum atomic E-state index is 13.2. The summed E-state index contributed by atoms with van der Waals surface area (Å²) in [5.41, 5.74) is 1.54. The summed E-state index contributed by atoms with van der Waals surface area (Å²) in [6.45, 7) is 2.58. The second-order valence-corrected chi connectivity index (χ2v) is 8.80. The molecule has 3 aromatic rings. The average Bonchev–Trinajstić information content (AvgIpc) is 3.51. The molecule has 4 rings (SSSR count). The Labute approximate surface area is 205 Å². The van der Waals surface area contributed by atoms with Crippen molar-refractivity contribution >= 4 is 28.9 Å². The minimum atomic E-state index is -0.749. The lowest BCUT2D eigenvalue weighted by Crippen LogP contribution is -2.31. The van der Waals surface area contributed by atoms with Crippen molar-refractivity contribution in [1.82, 2.24) is 5.01 Å². The summed E-state index contributed by atoms with van der Waals surface area (Å²) in [6, 6.07) is 10.1. The van der Waals surface area contributed by atoms with E-state index in [9.17, 15) is 14.4 Å². The molecule has 0 aliphatic carbocycles. The van der Waals surface area contributed by atoms with Gasteiger partial charge in [0.15, 0.2) is 18.1 Å². The zero-order chi connectivity index (χ0) is 25.1. The summed E-state index contributed by atoms with van der Waals surface area (Å²) < 4.78 is 21.0. The number of benzene rings is 1. The Balaban J connectivity index is 1.58. The minimum Gasteiger partial charge on any atom is -0.493 e. The molecule has 1 amide bonds. The SMILES string of the molecule is COc1ccc(C2CC(c3cccs3)=NN2C(=O)COC(=O)c2c(C)cc(=O)oc2C)cc1OC. The summed E-state index contributed by atoms with van der Waals surface area (Å²) in [5.74, 6) is -0.000688. The first kappa shape index (κ1) is 24.2. The van der Waals surface area contributed by atoms with E-state index >= 15 is 0 Å². The van der Waals surface area contributed by atoms with Gasteiger partial charge in [0, 0.05) is 12.5 Å². The molecule has 1 atom stereocenters. The molecular formula is C25H24N2O7S. The van der Waals surface area contributed by atoms with Gasteiger partial charge in [-0.2, -0.15) is 5.10 Å². The van der Waals surface area contributed by atoms with Gasteiger partial charge < -0.3 is 18.6 Å². The van der Waals surface area contributed by atoms with Gasteiger partial charge in [0.25, 0.3) is 5.91 Å². The van der Waals surface area contributed by atoms with Gasteiger partial charge in [-0.15, -0.1) is 11.3 Å². The third-order valence-electron chi connectivity index (χ3n) is 5.63. The highest BCUT2D eigenvalue weighted by molar-refractivity contribution is 7.12. The van der Waals surface area contributed by atoms with E-state index in [1.807, 2.05) is 23.6 Å². The molecule has 1 aromatic carbocycles. The van der Waals surface area contributed by atoms with E-state index in [2.05, 4.69) is 5.10 Å². The molecule has 35 heavy (non-hydrogen) atoms. The van der Waals surface area contributed by atoms with E-state index in [1.165, 1.54) is 29.3 Å². The van der Waals surface area contributed by atoms with Gasteiger partial charge >= 0.3 is 11.6 Å². The van der Waals surface area contributed by atoms with Gasteiger partial charge in [-0.3, -0.25) is 4.79 Å². The van der Waals surface area contributed by atoms with Crippen molar-refractivity contribution in [2.24, 2.45) is 5.10 Å². The third-order valence-corrected chi connectivity index (χ3v) is 6.55. The Bertz CT molecular complexity index is 1320. The topological polar surface area (TPSA) is 108 Å². The van der Waals surface area contributed by atoms with Crippen molar-refractivity contribution in [3.63, 3.8) is 0 Å². The number of hydrazone groups is 1. The number of carbonyl (C=O) groups is 2. The first-order valence-electron chi connectivity index (χ1n) is 10.8. The molecule has 2 aromatic heterocycles. The van der Waals surface area contributed by atoms with Gasteiger partial charge in [0.2, 0.25) is 0 Å². The number of carbonyl (C=O) groups excluding carboxylic acids is 2. The predicted molar refractivity (Wildman–Crippen MR) is 129 cm³/mol. The van der Waals surface area contributed by atoms with Gasteiger partial charge in [0.1, 0.15) is 11.3 Å². The lowest BCUT2D eigenvalue weighted by atomic mass is 10.0.